The molecule has 8 heteroatoms. The maximum Gasteiger partial charge on any atom is 0.321 e. The smallest absolute Gasteiger partial charge is 0.321 e. The van der Waals surface area contributed by atoms with Crippen LogP contribution in [0.5, 0.6) is 0 Å². The second-order valence-electron chi connectivity index (χ2n) is 9.72. The van der Waals surface area contributed by atoms with Crippen LogP contribution in [0.3, 0.4) is 0 Å². The molecule has 0 radical (unpaired) electrons. The fourth-order valence-corrected chi connectivity index (χ4v) is 7.76. The van der Waals surface area contributed by atoms with E-state index in [9.17, 15) is 13.2 Å². The van der Waals surface area contributed by atoms with E-state index in [0.717, 1.165) is 44.3 Å². The van der Waals surface area contributed by atoms with Gasteiger partial charge in [-0.1, -0.05) is 51.5 Å². The molecule has 180 valence electrons. The quantitative estimate of drug-likeness (QED) is 0.580. The van der Waals surface area contributed by atoms with Gasteiger partial charge in [0.15, 0.2) is 0 Å². The molecular formula is C25H35N3O3S2. The molecule has 2 aliphatic rings. The molecule has 2 fully saturated rings. The molecule has 0 saturated carbocycles. The Balaban J connectivity index is 1.41. The Morgan fingerprint density at radius 2 is 1.85 bits per heavy atom. The molecule has 2 saturated heterocycles. The minimum absolute atomic E-state index is 0.0165. The number of nitrogens with one attached hydrogen (secondary N) is 1. The molecule has 0 aliphatic carbocycles. The highest BCUT2D eigenvalue weighted by Gasteiger charge is 2.44. The van der Waals surface area contributed by atoms with E-state index in [-0.39, 0.29) is 11.4 Å². The third-order valence-corrected chi connectivity index (χ3v) is 10.4. The van der Waals surface area contributed by atoms with Crippen LogP contribution in [0.2, 0.25) is 0 Å². The van der Waals surface area contributed by atoms with Crippen molar-refractivity contribution in [2.24, 2.45) is 5.41 Å². The van der Waals surface area contributed by atoms with Crippen molar-refractivity contribution in [3.05, 3.63) is 46.8 Å². The van der Waals surface area contributed by atoms with Crippen molar-refractivity contribution in [1.29, 1.82) is 0 Å². The van der Waals surface area contributed by atoms with Crippen LogP contribution in [-0.2, 0) is 16.4 Å². The predicted octanol–water partition coefficient (Wildman–Crippen LogP) is 5.53. The van der Waals surface area contributed by atoms with Gasteiger partial charge in [-0.3, -0.25) is 0 Å². The summed E-state index contributed by atoms with van der Waals surface area (Å²) in [6.45, 7) is 8.92. The molecule has 0 atom stereocenters. The summed E-state index contributed by atoms with van der Waals surface area (Å²) in [5.74, 6) is 0.330. The van der Waals surface area contributed by atoms with E-state index in [4.69, 9.17) is 0 Å². The summed E-state index contributed by atoms with van der Waals surface area (Å²) in [6.07, 6.45) is 4.49. The lowest BCUT2D eigenvalue weighted by atomic mass is 9.78. The monoisotopic (exact) mass is 489 g/mol. The zero-order valence-corrected chi connectivity index (χ0v) is 21.5. The predicted molar refractivity (Wildman–Crippen MR) is 134 cm³/mol. The molecule has 1 N–H and O–H groups in total. The summed E-state index contributed by atoms with van der Waals surface area (Å²) >= 11 is 1.27. The van der Waals surface area contributed by atoms with Gasteiger partial charge < -0.3 is 10.2 Å². The Kier molecular flexibility index (Phi) is 7.17. The lowest BCUT2D eigenvalue weighted by molar-refractivity contribution is 0.158. The van der Waals surface area contributed by atoms with Crippen LogP contribution >= 0.6 is 11.3 Å². The van der Waals surface area contributed by atoms with Crippen molar-refractivity contribution in [1.82, 2.24) is 9.21 Å². The van der Waals surface area contributed by atoms with Crippen molar-refractivity contribution in [2.45, 2.75) is 63.0 Å². The van der Waals surface area contributed by atoms with Crippen LogP contribution in [0.15, 0.2) is 39.9 Å². The number of benzene rings is 1. The molecule has 2 amide bonds. The van der Waals surface area contributed by atoms with Gasteiger partial charge in [0.25, 0.3) is 10.0 Å². The van der Waals surface area contributed by atoms with Crippen molar-refractivity contribution in [3.8, 4) is 0 Å². The molecule has 33 heavy (non-hydrogen) atoms. The van der Waals surface area contributed by atoms with Crippen LogP contribution < -0.4 is 5.32 Å². The number of rotatable bonds is 6. The molecule has 1 aromatic heterocycles. The molecule has 0 bridgehead atoms. The Morgan fingerprint density at radius 1 is 1.12 bits per heavy atom. The van der Waals surface area contributed by atoms with Gasteiger partial charge in [0.2, 0.25) is 0 Å². The number of urea groups is 1. The number of para-hydroxylation sites is 1. The number of aryl methyl sites for hydroxylation is 1. The first-order chi connectivity index (χ1) is 15.8. The van der Waals surface area contributed by atoms with Gasteiger partial charge in [-0.05, 0) is 59.6 Å². The number of sulfonamides is 1. The highest BCUT2D eigenvalue weighted by Crippen LogP contribution is 2.42. The summed E-state index contributed by atoms with van der Waals surface area (Å²) in [4.78, 5) is 15.2. The van der Waals surface area contributed by atoms with E-state index >= 15 is 0 Å². The molecule has 4 rings (SSSR count). The first-order valence-corrected chi connectivity index (χ1v) is 14.3. The van der Waals surface area contributed by atoms with Crippen molar-refractivity contribution in [2.75, 3.05) is 31.5 Å². The van der Waals surface area contributed by atoms with Crippen molar-refractivity contribution in [3.63, 3.8) is 0 Å². The molecule has 1 aromatic carbocycles. The van der Waals surface area contributed by atoms with E-state index in [1.54, 1.807) is 21.8 Å². The van der Waals surface area contributed by atoms with Crippen LogP contribution in [0, 0.1) is 5.41 Å². The van der Waals surface area contributed by atoms with E-state index in [0.29, 0.717) is 29.8 Å². The van der Waals surface area contributed by atoms with Crippen LogP contribution in [0.1, 0.15) is 63.5 Å². The van der Waals surface area contributed by atoms with Crippen LogP contribution in [0.4, 0.5) is 10.5 Å². The first kappa shape index (κ1) is 24.2. The zero-order chi connectivity index (χ0) is 23.6. The Hall–Kier alpha value is -1.90. The third kappa shape index (κ3) is 4.98. The molecule has 0 unspecified atom stereocenters. The third-order valence-electron chi connectivity index (χ3n) is 7.15. The van der Waals surface area contributed by atoms with Gasteiger partial charge in [0.05, 0.1) is 0 Å². The summed E-state index contributed by atoms with van der Waals surface area (Å²) in [5, 5.41) is 5.04. The summed E-state index contributed by atoms with van der Waals surface area (Å²) in [7, 11) is -3.40. The Labute approximate surface area is 202 Å². The van der Waals surface area contributed by atoms with Crippen LogP contribution in [-0.4, -0.2) is 49.8 Å². The largest absolute Gasteiger partial charge is 0.324 e. The Morgan fingerprint density at radius 3 is 2.48 bits per heavy atom. The van der Waals surface area contributed by atoms with E-state index in [1.807, 2.05) is 4.90 Å². The SMILES string of the molecule is CCCc1cccc(C(C)C)c1NC(=O)N1CCC2(CCN(S(=O)(=O)c3cccs3)CC2)C1. The van der Waals surface area contributed by atoms with E-state index in [1.165, 1.54) is 22.5 Å². The average Bonchev–Trinajstić information content (AvgIpc) is 3.47. The maximum absolute atomic E-state index is 13.3. The first-order valence-electron chi connectivity index (χ1n) is 12.0. The minimum Gasteiger partial charge on any atom is -0.324 e. The molecule has 1 spiro atoms. The van der Waals surface area contributed by atoms with Gasteiger partial charge in [0.1, 0.15) is 4.21 Å². The number of piperidine rings is 1. The minimum atomic E-state index is -3.40. The highest BCUT2D eigenvalue weighted by atomic mass is 32.2. The Bertz CT molecular complexity index is 1070. The summed E-state index contributed by atoms with van der Waals surface area (Å²) < 4.78 is 27.8. The van der Waals surface area contributed by atoms with Crippen LogP contribution in [0.25, 0.3) is 0 Å². The molecule has 2 aromatic rings. The fraction of sp³-hybridized carbons (Fsp3) is 0.560. The number of thiophene rings is 1. The number of hydrogen-bond acceptors (Lipinski definition) is 4. The molecule has 6 nitrogen and oxygen atoms in total. The van der Waals surface area contributed by atoms with Gasteiger partial charge in [-0.25, -0.2) is 13.2 Å². The normalized spacial score (nSPS) is 18.8. The lowest BCUT2D eigenvalue weighted by Gasteiger charge is -2.38. The topological polar surface area (TPSA) is 69.7 Å². The fourth-order valence-electron chi connectivity index (χ4n) is 5.17. The van der Waals surface area contributed by atoms with Gasteiger partial charge in [0, 0.05) is 31.9 Å². The lowest BCUT2D eigenvalue weighted by Crippen LogP contribution is -2.44. The second-order valence-corrected chi connectivity index (χ2v) is 12.8. The standard InChI is InChI=1S/C25H35N3O3S2/c1-4-7-20-8-5-9-21(19(2)3)23(20)26-24(29)27-14-11-25(18-27)12-15-28(16-13-25)33(30,31)22-10-6-17-32-22/h5-6,8-10,17,19H,4,7,11-16,18H2,1-3H3,(H,26,29). The number of amides is 2. The number of anilines is 1. The molecule has 3 heterocycles. The summed E-state index contributed by atoms with van der Waals surface area (Å²) in [5.41, 5.74) is 3.35. The average molecular weight is 490 g/mol. The van der Waals surface area contributed by atoms with Gasteiger partial charge in [-0.2, -0.15) is 4.31 Å². The number of hydrogen-bond donors (Lipinski definition) is 1. The van der Waals surface area contributed by atoms with Crippen molar-refractivity contribution >= 4 is 33.1 Å². The highest BCUT2D eigenvalue weighted by molar-refractivity contribution is 7.91. The van der Waals surface area contributed by atoms with E-state index < -0.39 is 10.0 Å². The van der Waals surface area contributed by atoms with E-state index in [2.05, 4.69) is 44.3 Å². The molecule has 2 aliphatic heterocycles. The number of carbonyl (C=O) groups is 1. The molecular weight excluding hydrogens is 454 g/mol. The van der Waals surface area contributed by atoms with Crippen molar-refractivity contribution < 1.29 is 13.2 Å². The zero-order valence-electron chi connectivity index (χ0n) is 19.8. The number of nitrogens with zero attached hydrogens (tertiary/aromatic N) is 2. The number of carbonyl (C=O) groups excluding carboxylic acids is 1. The number of likely N-dealkylation sites (tertiary alicyclic amines) is 1. The second kappa shape index (κ2) is 9.76. The van der Waals surface area contributed by atoms with Gasteiger partial charge in [-0.15, -0.1) is 11.3 Å². The maximum atomic E-state index is 13.3. The summed E-state index contributed by atoms with van der Waals surface area (Å²) in [6, 6.07) is 9.72. The van der Waals surface area contributed by atoms with Gasteiger partial charge >= 0.3 is 6.03 Å².